The largest absolute Gasteiger partial charge is 0.392 e. The third-order valence-electron chi connectivity index (χ3n) is 2.95. The highest BCUT2D eigenvalue weighted by Crippen LogP contribution is 2.23. The van der Waals surface area contributed by atoms with Crippen LogP contribution in [0.15, 0.2) is 30.3 Å². The number of aromatic nitrogens is 1. The van der Waals surface area contributed by atoms with Crippen LogP contribution in [0, 0.1) is 5.92 Å². The fraction of sp³-hybridized carbons (Fsp3) is 0.400. The smallest absolute Gasteiger partial charge is 0.134 e. The van der Waals surface area contributed by atoms with Crippen molar-refractivity contribution in [1.82, 2.24) is 4.98 Å². The van der Waals surface area contributed by atoms with E-state index < -0.39 is 0 Å². The lowest BCUT2D eigenvalue weighted by atomic mass is 10.1. The van der Waals surface area contributed by atoms with Gasteiger partial charge in [-0.3, -0.25) is 0 Å². The number of fused-ring (bicyclic) bond motifs is 1. The molecule has 2 aromatic rings. The van der Waals surface area contributed by atoms with Crippen molar-refractivity contribution >= 4 is 16.7 Å². The van der Waals surface area contributed by atoms with Gasteiger partial charge in [-0.05, 0) is 18.1 Å². The van der Waals surface area contributed by atoms with Crippen molar-refractivity contribution in [2.45, 2.75) is 20.5 Å². The van der Waals surface area contributed by atoms with E-state index in [-0.39, 0.29) is 6.61 Å². The number of anilines is 1. The molecule has 0 aliphatic heterocycles. The summed E-state index contributed by atoms with van der Waals surface area (Å²) in [5.74, 6) is 1.44. The number of nitrogens with zero attached hydrogens (tertiary/aromatic N) is 2. The highest BCUT2D eigenvalue weighted by Gasteiger charge is 2.11. The lowest BCUT2D eigenvalue weighted by Crippen LogP contribution is -2.24. The van der Waals surface area contributed by atoms with Crippen LogP contribution in [-0.2, 0) is 6.61 Å². The molecule has 3 heteroatoms. The fourth-order valence-corrected chi connectivity index (χ4v) is 2.23. The summed E-state index contributed by atoms with van der Waals surface area (Å²) < 4.78 is 0. The summed E-state index contributed by atoms with van der Waals surface area (Å²) in [5, 5.41) is 10.6. The van der Waals surface area contributed by atoms with Crippen LogP contribution < -0.4 is 4.90 Å². The van der Waals surface area contributed by atoms with Gasteiger partial charge in [-0.2, -0.15) is 0 Å². The molecular weight excluding hydrogens is 224 g/mol. The number of benzene rings is 1. The van der Waals surface area contributed by atoms with Crippen LogP contribution in [0.1, 0.15) is 19.4 Å². The first kappa shape index (κ1) is 12.8. The van der Waals surface area contributed by atoms with Gasteiger partial charge in [0.2, 0.25) is 0 Å². The molecule has 1 aromatic heterocycles. The van der Waals surface area contributed by atoms with Crippen molar-refractivity contribution in [3.8, 4) is 0 Å². The Balaban J connectivity index is 2.47. The molecule has 0 aliphatic carbocycles. The molecule has 1 aromatic carbocycles. The predicted molar refractivity (Wildman–Crippen MR) is 75.8 cm³/mol. The monoisotopic (exact) mass is 244 g/mol. The summed E-state index contributed by atoms with van der Waals surface area (Å²) in [5.41, 5.74) is 1.86. The van der Waals surface area contributed by atoms with Crippen LogP contribution in [0.3, 0.4) is 0 Å². The molecule has 0 amide bonds. The number of aliphatic hydroxyl groups excluding tert-OH is 1. The van der Waals surface area contributed by atoms with Crippen molar-refractivity contribution < 1.29 is 5.11 Å². The number of hydrogen-bond donors (Lipinski definition) is 1. The lowest BCUT2D eigenvalue weighted by molar-refractivity contribution is 0.282. The highest BCUT2D eigenvalue weighted by molar-refractivity contribution is 5.81. The molecule has 3 nitrogen and oxygen atoms in total. The molecule has 0 spiro atoms. The minimum atomic E-state index is 0.0234. The van der Waals surface area contributed by atoms with Crippen LogP contribution >= 0.6 is 0 Å². The Kier molecular flexibility index (Phi) is 3.82. The normalized spacial score (nSPS) is 11.2. The van der Waals surface area contributed by atoms with Crippen LogP contribution in [0.2, 0.25) is 0 Å². The van der Waals surface area contributed by atoms with Crippen molar-refractivity contribution in [3.05, 3.63) is 35.9 Å². The molecule has 0 saturated carbocycles. The Morgan fingerprint density at radius 3 is 2.67 bits per heavy atom. The van der Waals surface area contributed by atoms with Crippen molar-refractivity contribution in [2.75, 3.05) is 18.5 Å². The average Bonchev–Trinajstić information content (AvgIpc) is 2.36. The predicted octanol–water partition coefficient (Wildman–Crippen LogP) is 2.82. The van der Waals surface area contributed by atoms with Gasteiger partial charge in [-0.15, -0.1) is 0 Å². The third-order valence-corrected chi connectivity index (χ3v) is 2.95. The third kappa shape index (κ3) is 2.62. The molecule has 96 valence electrons. The second-order valence-electron chi connectivity index (χ2n) is 5.10. The molecule has 0 saturated heterocycles. The van der Waals surface area contributed by atoms with Gasteiger partial charge >= 0.3 is 0 Å². The molecule has 18 heavy (non-hydrogen) atoms. The van der Waals surface area contributed by atoms with E-state index in [1.54, 1.807) is 0 Å². The quantitative estimate of drug-likeness (QED) is 0.898. The van der Waals surface area contributed by atoms with E-state index >= 15 is 0 Å². The molecule has 0 atom stereocenters. The summed E-state index contributed by atoms with van der Waals surface area (Å²) in [6.07, 6.45) is 0. The maximum Gasteiger partial charge on any atom is 0.134 e. The van der Waals surface area contributed by atoms with Gasteiger partial charge in [0.1, 0.15) is 5.82 Å². The second-order valence-corrected chi connectivity index (χ2v) is 5.10. The first-order valence-electron chi connectivity index (χ1n) is 6.32. The summed E-state index contributed by atoms with van der Waals surface area (Å²) in [6, 6.07) is 10.0. The fourth-order valence-electron chi connectivity index (χ4n) is 2.23. The average molecular weight is 244 g/mol. The SMILES string of the molecule is CC(C)CN(C)c1nc2ccccc2cc1CO. The van der Waals surface area contributed by atoms with Gasteiger partial charge in [0.05, 0.1) is 12.1 Å². The Hall–Kier alpha value is -1.61. The van der Waals surface area contributed by atoms with Crippen LogP contribution in [0.5, 0.6) is 0 Å². The van der Waals surface area contributed by atoms with Gasteiger partial charge in [0.25, 0.3) is 0 Å². The van der Waals surface area contributed by atoms with Crippen molar-refractivity contribution in [3.63, 3.8) is 0 Å². The van der Waals surface area contributed by atoms with E-state index in [9.17, 15) is 5.11 Å². The first-order chi connectivity index (χ1) is 8.61. The number of aliphatic hydroxyl groups is 1. The Morgan fingerprint density at radius 2 is 2.00 bits per heavy atom. The van der Waals surface area contributed by atoms with Crippen LogP contribution in [0.25, 0.3) is 10.9 Å². The van der Waals surface area contributed by atoms with E-state index in [0.29, 0.717) is 5.92 Å². The van der Waals surface area contributed by atoms with Crippen molar-refractivity contribution in [1.29, 1.82) is 0 Å². The van der Waals surface area contributed by atoms with Gasteiger partial charge in [0.15, 0.2) is 0 Å². The minimum Gasteiger partial charge on any atom is -0.392 e. The molecule has 0 bridgehead atoms. The number of rotatable bonds is 4. The molecule has 0 radical (unpaired) electrons. The van der Waals surface area contributed by atoms with Gasteiger partial charge in [-0.25, -0.2) is 4.98 Å². The van der Waals surface area contributed by atoms with Gasteiger partial charge < -0.3 is 10.0 Å². The standard InChI is InChI=1S/C15H20N2O/c1-11(2)9-17(3)15-13(10-18)8-12-6-4-5-7-14(12)16-15/h4-8,11,18H,9-10H2,1-3H3. The van der Waals surface area contributed by atoms with Crippen LogP contribution in [-0.4, -0.2) is 23.7 Å². The number of hydrogen-bond acceptors (Lipinski definition) is 3. The van der Waals surface area contributed by atoms with Crippen LogP contribution in [0.4, 0.5) is 5.82 Å². The minimum absolute atomic E-state index is 0.0234. The van der Waals surface area contributed by atoms with E-state index in [1.165, 1.54) is 0 Å². The molecule has 0 fully saturated rings. The summed E-state index contributed by atoms with van der Waals surface area (Å²) in [4.78, 5) is 6.78. The van der Waals surface area contributed by atoms with E-state index in [2.05, 4.69) is 23.7 Å². The Bertz CT molecular complexity index is 537. The number of pyridine rings is 1. The molecule has 0 aliphatic rings. The second kappa shape index (κ2) is 5.36. The Labute approximate surface area is 108 Å². The highest BCUT2D eigenvalue weighted by atomic mass is 16.3. The van der Waals surface area contributed by atoms with E-state index in [0.717, 1.165) is 28.8 Å². The molecule has 1 N–H and O–H groups in total. The zero-order valence-electron chi connectivity index (χ0n) is 11.2. The topological polar surface area (TPSA) is 36.4 Å². The van der Waals surface area contributed by atoms with Gasteiger partial charge in [-0.1, -0.05) is 32.0 Å². The summed E-state index contributed by atoms with van der Waals surface area (Å²) in [7, 11) is 2.02. The molecule has 0 unspecified atom stereocenters. The molecule has 2 rings (SSSR count). The van der Waals surface area contributed by atoms with E-state index in [1.807, 2.05) is 37.4 Å². The number of para-hydroxylation sites is 1. The molecule has 1 heterocycles. The van der Waals surface area contributed by atoms with E-state index in [4.69, 9.17) is 0 Å². The Morgan fingerprint density at radius 1 is 1.28 bits per heavy atom. The maximum absolute atomic E-state index is 9.49. The van der Waals surface area contributed by atoms with Gasteiger partial charge in [0, 0.05) is 24.5 Å². The summed E-state index contributed by atoms with van der Waals surface area (Å²) >= 11 is 0. The van der Waals surface area contributed by atoms with Crippen molar-refractivity contribution in [2.24, 2.45) is 5.92 Å². The lowest BCUT2D eigenvalue weighted by Gasteiger charge is -2.23. The summed E-state index contributed by atoms with van der Waals surface area (Å²) in [6.45, 7) is 5.31. The zero-order valence-corrected chi connectivity index (χ0v) is 11.2. The zero-order chi connectivity index (χ0) is 13.1. The molecular formula is C15H20N2O. The maximum atomic E-state index is 9.49. The first-order valence-corrected chi connectivity index (χ1v) is 6.32.